The van der Waals surface area contributed by atoms with Gasteiger partial charge in [-0.2, -0.15) is 0 Å². The molecule has 1 heterocycles. The number of hydrogen-bond donors (Lipinski definition) is 2. The first-order valence-corrected chi connectivity index (χ1v) is 8.76. The fourth-order valence-electron chi connectivity index (χ4n) is 3.30. The molecule has 21 heavy (non-hydrogen) atoms. The molecule has 1 aliphatic heterocycles. The minimum Gasteiger partial charge on any atom is -0.480 e. The molecule has 1 fully saturated rings. The minimum absolute atomic E-state index is 0.701. The highest BCUT2D eigenvalue weighted by atomic mass is 16.4. The summed E-state index contributed by atoms with van der Waals surface area (Å²) >= 11 is 0. The standard InChI is InChI=1S/C17H34N2O2/c1-4-12-18-17(3,16(20)21)11-9-14-19-13-8-6-7-10-15(19)5-2/h15,18H,4-14H2,1-3H3,(H,20,21). The largest absolute Gasteiger partial charge is 0.480 e. The third kappa shape index (κ3) is 5.95. The summed E-state index contributed by atoms with van der Waals surface area (Å²) < 4.78 is 0. The van der Waals surface area contributed by atoms with Crippen molar-refractivity contribution in [1.82, 2.24) is 10.2 Å². The van der Waals surface area contributed by atoms with Crippen LogP contribution in [0.2, 0.25) is 0 Å². The molecule has 0 radical (unpaired) electrons. The molecule has 4 nitrogen and oxygen atoms in total. The summed E-state index contributed by atoms with van der Waals surface area (Å²) in [4.78, 5) is 14.1. The Morgan fingerprint density at radius 3 is 2.71 bits per heavy atom. The summed E-state index contributed by atoms with van der Waals surface area (Å²) in [5.74, 6) is -0.723. The summed E-state index contributed by atoms with van der Waals surface area (Å²) in [6.07, 6.45) is 9.13. The van der Waals surface area contributed by atoms with Gasteiger partial charge in [0, 0.05) is 6.04 Å². The molecular formula is C17H34N2O2. The van der Waals surface area contributed by atoms with Gasteiger partial charge in [-0.05, 0) is 65.1 Å². The van der Waals surface area contributed by atoms with Gasteiger partial charge in [-0.3, -0.25) is 4.79 Å². The maximum atomic E-state index is 11.5. The van der Waals surface area contributed by atoms with Crippen molar-refractivity contribution in [1.29, 1.82) is 0 Å². The molecule has 2 unspecified atom stereocenters. The Balaban J connectivity index is 2.46. The zero-order valence-corrected chi connectivity index (χ0v) is 14.2. The molecule has 0 aliphatic carbocycles. The van der Waals surface area contributed by atoms with E-state index in [1.54, 1.807) is 0 Å². The second-order valence-electron chi connectivity index (χ2n) is 6.61. The average molecular weight is 298 g/mol. The summed E-state index contributed by atoms with van der Waals surface area (Å²) in [5.41, 5.74) is -0.774. The first-order chi connectivity index (χ1) is 10.0. The molecule has 0 bridgehead atoms. The van der Waals surface area contributed by atoms with Crippen LogP contribution in [0.15, 0.2) is 0 Å². The first-order valence-electron chi connectivity index (χ1n) is 8.76. The van der Waals surface area contributed by atoms with Gasteiger partial charge in [-0.15, -0.1) is 0 Å². The molecule has 0 aromatic carbocycles. The number of aliphatic carboxylic acids is 1. The van der Waals surface area contributed by atoms with E-state index < -0.39 is 11.5 Å². The molecule has 0 aromatic heterocycles. The molecule has 0 saturated carbocycles. The van der Waals surface area contributed by atoms with E-state index >= 15 is 0 Å². The second-order valence-corrected chi connectivity index (χ2v) is 6.61. The van der Waals surface area contributed by atoms with Crippen molar-refractivity contribution >= 4 is 5.97 Å². The van der Waals surface area contributed by atoms with Gasteiger partial charge >= 0.3 is 5.97 Å². The fraction of sp³-hybridized carbons (Fsp3) is 0.941. The number of nitrogens with zero attached hydrogens (tertiary/aromatic N) is 1. The zero-order chi connectivity index (χ0) is 15.7. The number of carboxylic acid groups (broad SMARTS) is 1. The van der Waals surface area contributed by atoms with E-state index in [0.717, 1.165) is 25.9 Å². The van der Waals surface area contributed by atoms with Crippen LogP contribution in [-0.4, -0.2) is 47.2 Å². The maximum Gasteiger partial charge on any atom is 0.323 e. The van der Waals surface area contributed by atoms with Gasteiger partial charge in [0.2, 0.25) is 0 Å². The number of carbonyl (C=O) groups is 1. The van der Waals surface area contributed by atoms with Crippen molar-refractivity contribution in [2.75, 3.05) is 19.6 Å². The van der Waals surface area contributed by atoms with Gasteiger partial charge in [-0.25, -0.2) is 0 Å². The lowest BCUT2D eigenvalue weighted by molar-refractivity contribution is -0.144. The van der Waals surface area contributed by atoms with Crippen molar-refractivity contribution in [3.8, 4) is 0 Å². The summed E-state index contributed by atoms with van der Waals surface area (Å²) in [6, 6.07) is 0.701. The maximum absolute atomic E-state index is 11.5. The molecule has 2 N–H and O–H groups in total. The quantitative estimate of drug-likeness (QED) is 0.686. The lowest BCUT2D eigenvalue weighted by Gasteiger charge is -2.31. The zero-order valence-electron chi connectivity index (χ0n) is 14.2. The SMILES string of the molecule is CCCNC(C)(CCCN1CCCCCC1CC)C(=O)O. The molecule has 0 aromatic rings. The molecule has 2 atom stereocenters. The monoisotopic (exact) mass is 298 g/mol. The van der Waals surface area contributed by atoms with E-state index in [2.05, 4.69) is 24.1 Å². The van der Waals surface area contributed by atoms with Gasteiger partial charge in [0.1, 0.15) is 5.54 Å². The number of nitrogens with one attached hydrogen (secondary N) is 1. The lowest BCUT2D eigenvalue weighted by Crippen LogP contribution is -2.50. The molecule has 0 spiro atoms. The molecule has 0 amide bonds. The van der Waals surface area contributed by atoms with Gasteiger partial charge in [-0.1, -0.05) is 26.7 Å². The molecular weight excluding hydrogens is 264 g/mol. The van der Waals surface area contributed by atoms with Crippen LogP contribution in [0.25, 0.3) is 0 Å². The molecule has 1 saturated heterocycles. The Hall–Kier alpha value is -0.610. The normalized spacial score (nSPS) is 23.5. The highest BCUT2D eigenvalue weighted by Crippen LogP contribution is 2.21. The highest BCUT2D eigenvalue weighted by Gasteiger charge is 2.32. The number of carboxylic acids is 1. The van der Waals surface area contributed by atoms with Crippen LogP contribution >= 0.6 is 0 Å². The Kier molecular flexibility index (Phi) is 8.27. The molecule has 1 rings (SSSR count). The fourth-order valence-corrected chi connectivity index (χ4v) is 3.30. The predicted octanol–water partition coefficient (Wildman–Crippen LogP) is 3.26. The van der Waals surface area contributed by atoms with E-state index in [-0.39, 0.29) is 0 Å². The van der Waals surface area contributed by atoms with Crippen molar-refractivity contribution in [3.05, 3.63) is 0 Å². The van der Waals surface area contributed by atoms with Gasteiger partial charge < -0.3 is 15.3 Å². The molecule has 4 heteroatoms. The highest BCUT2D eigenvalue weighted by molar-refractivity contribution is 5.78. The summed E-state index contributed by atoms with van der Waals surface area (Å²) in [5, 5.41) is 12.7. The Bertz CT molecular complexity index is 309. The lowest BCUT2D eigenvalue weighted by atomic mass is 9.95. The van der Waals surface area contributed by atoms with Crippen molar-refractivity contribution < 1.29 is 9.90 Å². The van der Waals surface area contributed by atoms with Crippen LogP contribution in [0.5, 0.6) is 0 Å². The van der Waals surface area contributed by atoms with E-state index in [1.165, 1.54) is 38.6 Å². The summed E-state index contributed by atoms with van der Waals surface area (Å²) in [6.45, 7) is 9.15. The van der Waals surface area contributed by atoms with E-state index in [9.17, 15) is 9.90 Å². The number of rotatable bonds is 9. The van der Waals surface area contributed by atoms with Gasteiger partial charge in [0.25, 0.3) is 0 Å². The topological polar surface area (TPSA) is 52.6 Å². The number of hydrogen-bond acceptors (Lipinski definition) is 3. The Morgan fingerprint density at radius 2 is 2.10 bits per heavy atom. The Morgan fingerprint density at radius 1 is 1.33 bits per heavy atom. The predicted molar refractivity (Wildman–Crippen MR) is 87.7 cm³/mol. The second kappa shape index (κ2) is 9.42. The smallest absolute Gasteiger partial charge is 0.323 e. The average Bonchev–Trinajstić information content (AvgIpc) is 2.70. The molecule has 1 aliphatic rings. The van der Waals surface area contributed by atoms with Crippen molar-refractivity contribution in [2.45, 2.75) is 83.7 Å². The van der Waals surface area contributed by atoms with Gasteiger partial charge in [0.05, 0.1) is 0 Å². The van der Waals surface area contributed by atoms with Crippen LogP contribution in [-0.2, 0) is 4.79 Å². The van der Waals surface area contributed by atoms with Crippen LogP contribution in [0, 0.1) is 0 Å². The minimum atomic E-state index is -0.774. The third-order valence-electron chi connectivity index (χ3n) is 4.83. The van der Waals surface area contributed by atoms with Gasteiger partial charge in [0.15, 0.2) is 0 Å². The molecule has 124 valence electrons. The third-order valence-corrected chi connectivity index (χ3v) is 4.83. The van der Waals surface area contributed by atoms with Crippen LogP contribution in [0.1, 0.15) is 72.1 Å². The van der Waals surface area contributed by atoms with E-state index in [1.807, 2.05) is 6.92 Å². The van der Waals surface area contributed by atoms with E-state index in [4.69, 9.17) is 0 Å². The van der Waals surface area contributed by atoms with Crippen LogP contribution < -0.4 is 5.32 Å². The Labute approximate surface area is 130 Å². The number of likely N-dealkylation sites (tertiary alicyclic amines) is 1. The first kappa shape index (κ1) is 18.4. The van der Waals surface area contributed by atoms with Crippen molar-refractivity contribution in [3.63, 3.8) is 0 Å². The summed E-state index contributed by atoms with van der Waals surface area (Å²) in [7, 11) is 0. The van der Waals surface area contributed by atoms with Crippen LogP contribution in [0.4, 0.5) is 0 Å². The van der Waals surface area contributed by atoms with Crippen molar-refractivity contribution in [2.24, 2.45) is 0 Å². The van der Waals surface area contributed by atoms with Crippen LogP contribution in [0.3, 0.4) is 0 Å². The van der Waals surface area contributed by atoms with E-state index in [0.29, 0.717) is 12.5 Å².